The lowest BCUT2D eigenvalue weighted by Gasteiger charge is -2.34. The van der Waals surface area contributed by atoms with E-state index >= 15 is 0 Å². The summed E-state index contributed by atoms with van der Waals surface area (Å²) < 4.78 is 13.2. The van der Waals surface area contributed by atoms with Gasteiger partial charge in [-0.1, -0.05) is 25.3 Å². The fourth-order valence-corrected chi connectivity index (χ4v) is 4.51. The van der Waals surface area contributed by atoms with E-state index in [4.69, 9.17) is 0 Å². The molecular weight excluding hydrogens is 393 g/mol. The minimum atomic E-state index is -0.351. The predicted octanol–water partition coefficient (Wildman–Crippen LogP) is 5.65. The Labute approximate surface area is 181 Å². The molecule has 0 unspecified atom stereocenters. The maximum absolute atomic E-state index is 13.2. The largest absolute Gasteiger partial charge is 0.322 e. The number of urea groups is 1. The zero-order valence-corrected chi connectivity index (χ0v) is 18.0. The minimum Gasteiger partial charge on any atom is -0.322 e. The van der Waals surface area contributed by atoms with Crippen LogP contribution in [0.1, 0.15) is 48.8 Å². The second-order valence-corrected chi connectivity index (χ2v) is 8.52. The predicted molar refractivity (Wildman–Crippen MR) is 122 cm³/mol. The van der Waals surface area contributed by atoms with Crippen LogP contribution in [0.15, 0.2) is 47.3 Å². The third-order valence-corrected chi connectivity index (χ3v) is 6.10. The van der Waals surface area contributed by atoms with Crippen molar-refractivity contribution >= 4 is 22.6 Å². The van der Waals surface area contributed by atoms with Crippen LogP contribution in [0.2, 0.25) is 0 Å². The van der Waals surface area contributed by atoms with Crippen LogP contribution in [0.3, 0.4) is 0 Å². The van der Waals surface area contributed by atoms with Crippen molar-refractivity contribution in [3.05, 3.63) is 75.3 Å². The Kier molecular flexibility index (Phi) is 6.07. The Hall–Kier alpha value is -3.15. The number of halogens is 1. The Morgan fingerprint density at radius 3 is 2.52 bits per heavy atom. The molecule has 2 amide bonds. The van der Waals surface area contributed by atoms with Crippen molar-refractivity contribution in [1.82, 2.24) is 9.88 Å². The number of H-pyrrole nitrogens is 1. The normalized spacial score (nSPS) is 14.5. The van der Waals surface area contributed by atoms with Gasteiger partial charge in [0.05, 0.1) is 6.54 Å². The van der Waals surface area contributed by atoms with Gasteiger partial charge in [0.15, 0.2) is 0 Å². The van der Waals surface area contributed by atoms with Crippen molar-refractivity contribution in [2.75, 3.05) is 5.32 Å². The zero-order chi connectivity index (χ0) is 22.0. The van der Waals surface area contributed by atoms with Gasteiger partial charge in [-0.05, 0) is 74.2 Å². The van der Waals surface area contributed by atoms with Crippen molar-refractivity contribution in [3.8, 4) is 0 Å². The third kappa shape index (κ3) is 4.79. The molecule has 1 aliphatic rings. The van der Waals surface area contributed by atoms with E-state index in [0.29, 0.717) is 11.3 Å². The number of aromatic nitrogens is 1. The number of nitrogens with zero attached hydrogens (tertiary/aromatic N) is 1. The van der Waals surface area contributed by atoms with Gasteiger partial charge in [-0.3, -0.25) is 4.79 Å². The van der Waals surface area contributed by atoms with Crippen LogP contribution in [0.4, 0.5) is 14.9 Å². The first-order valence-corrected chi connectivity index (χ1v) is 10.9. The van der Waals surface area contributed by atoms with E-state index in [1.54, 1.807) is 17.0 Å². The van der Waals surface area contributed by atoms with Crippen molar-refractivity contribution in [2.45, 2.75) is 58.5 Å². The summed E-state index contributed by atoms with van der Waals surface area (Å²) >= 11 is 0. The summed E-state index contributed by atoms with van der Waals surface area (Å²) in [7, 11) is 0. The molecule has 1 fully saturated rings. The van der Waals surface area contributed by atoms with Crippen LogP contribution < -0.4 is 10.9 Å². The summed E-state index contributed by atoms with van der Waals surface area (Å²) in [6.45, 7) is 4.26. The molecule has 6 heteroatoms. The van der Waals surface area contributed by atoms with Crippen molar-refractivity contribution in [1.29, 1.82) is 0 Å². The monoisotopic (exact) mass is 421 g/mol. The zero-order valence-electron chi connectivity index (χ0n) is 18.0. The molecule has 1 saturated carbocycles. The number of carbonyl (C=O) groups is 1. The molecule has 0 spiro atoms. The van der Waals surface area contributed by atoms with Gasteiger partial charge < -0.3 is 15.2 Å². The number of hydrogen-bond acceptors (Lipinski definition) is 2. The number of anilines is 1. The highest BCUT2D eigenvalue weighted by atomic mass is 19.1. The number of pyridine rings is 1. The van der Waals surface area contributed by atoms with Crippen LogP contribution in [0.25, 0.3) is 10.9 Å². The Morgan fingerprint density at radius 1 is 1.10 bits per heavy atom. The molecule has 31 heavy (non-hydrogen) atoms. The van der Waals surface area contributed by atoms with Gasteiger partial charge in [-0.2, -0.15) is 0 Å². The van der Waals surface area contributed by atoms with Crippen LogP contribution in [-0.2, 0) is 6.54 Å². The summed E-state index contributed by atoms with van der Waals surface area (Å²) in [5.41, 5.74) is 3.92. The molecule has 0 aliphatic heterocycles. The summed E-state index contributed by atoms with van der Waals surface area (Å²) in [6.07, 6.45) is 5.13. The third-order valence-electron chi connectivity index (χ3n) is 6.10. The van der Waals surface area contributed by atoms with E-state index < -0.39 is 0 Å². The Balaban J connectivity index is 1.65. The highest BCUT2D eigenvalue weighted by Gasteiger charge is 2.26. The van der Waals surface area contributed by atoms with E-state index in [-0.39, 0.29) is 30.0 Å². The second-order valence-electron chi connectivity index (χ2n) is 8.52. The molecule has 1 heterocycles. The number of amides is 2. The fourth-order valence-electron chi connectivity index (χ4n) is 4.51. The molecule has 1 aromatic heterocycles. The molecule has 162 valence electrons. The molecule has 0 radical (unpaired) electrons. The number of hydrogen-bond donors (Lipinski definition) is 2. The molecular formula is C25H28FN3O2. The smallest absolute Gasteiger partial charge is 0.322 e. The lowest BCUT2D eigenvalue weighted by Crippen LogP contribution is -2.44. The van der Waals surface area contributed by atoms with E-state index in [0.717, 1.165) is 47.7 Å². The SMILES string of the molecule is Cc1cc(C)c2cc(CN(C(=O)Nc3ccc(F)cc3)C3CCCCC3)c(=O)[nH]c2c1. The standard InChI is InChI=1S/C25H28FN3O2/c1-16-12-17(2)22-14-18(24(30)28-23(22)13-16)15-29(21-6-4-3-5-7-21)25(31)27-20-10-8-19(26)9-11-20/h8-14,21H,3-7,15H2,1-2H3,(H,27,31)(H,28,30). The van der Waals surface area contributed by atoms with Gasteiger partial charge in [0.25, 0.3) is 5.56 Å². The van der Waals surface area contributed by atoms with E-state index in [2.05, 4.69) is 16.4 Å². The number of rotatable bonds is 4. The number of fused-ring (bicyclic) bond motifs is 1. The van der Waals surface area contributed by atoms with E-state index in [1.807, 2.05) is 26.0 Å². The van der Waals surface area contributed by atoms with Gasteiger partial charge >= 0.3 is 6.03 Å². The maximum atomic E-state index is 13.2. The highest BCUT2D eigenvalue weighted by Crippen LogP contribution is 2.26. The number of carbonyl (C=O) groups excluding carboxylic acids is 1. The average molecular weight is 422 g/mol. The average Bonchev–Trinajstić information content (AvgIpc) is 2.74. The highest BCUT2D eigenvalue weighted by molar-refractivity contribution is 5.89. The summed E-state index contributed by atoms with van der Waals surface area (Å²) in [4.78, 5) is 30.8. The molecule has 3 aromatic rings. The van der Waals surface area contributed by atoms with Gasteiger partial charge in [0.2, 0.25) is 0 Å². The molecule has 1 aliphatic carbocycles. The molecule has 0 bridgehead atoms. The van der Waals surface area contributed by atoms with E-state index in [9.17, 15) is 14.0 Å². The van der Waals surface area contributed by atoms with Crippen LogP contribution in [0.5, 0.6) is 0 Å². The number of benzene rings is 2. The molecule has 0 atom stereocenters. The summed E-state index contributed by atoms with van der Waals surface area (Å²) in [5, 5.41) is 3.86. The lowest BCUT2D eigenvalue weighted by molar-refractivity contribution is 0.162. The molecule has 4 rings (SSSR count). The van der Waals surface area contributed by atoms with Crippen LogP contribution in [0, 0.1) is 19.7 Å². The quantitative estimate of drug-likeness (QED) is 0.572. The van der Waals surface area contributed by atoms with Crippen molar-refractivity contribution < 1.29 is 9.18 Å². The second kappa shape index (κ2) is 8.92. The maximum Gasteiger partial charge on any atom is 0.322 e. The lowest BCUT2D eigenvalue weighted by atomic mass is 9.94. The van der Waals surface area contributed by atoms with Gasteiger partial charge in [-0.15, -0.1) is 0 Å². The topological polar surface area (TPSA) is 65.2 Å². The Bertz CT molecular complexity index is 1150. The number of aryl methyl sites for hydroxylation is 2. The van der Waals surface area contributed by atoms with Crippen molar-refractivity contribution in [3.63, 3.8) is 0 Å². The van der Waals surface area contributed by atoms with Crippen LogP contribution >= 0.6 is 0 Å². The van der Waals surface area contributed by atoms with Crippen molar-refractivity contribution in [2.24, 2.45) is 0 Å². The molecule has 2 aromatic carbocycles. The summed E-state index contributed by atoms with van der Waals surface area (Å²) in [6, 6.07) is 11.5. The van der Waals surface area contributed by atoms with Gasteiger partial charge in [0, 0.05) is 28.2 Å². The minimum absolute atomic E-state index is 0.0726. The molecule has 0 saturated heterocycles. The van der Waals surface area contributed by atoms with Crippen LogP contribution in [-0.4, -0.2) is 22.0 Å². The fraction of sp³-hybridized carbons (Fsp3) is 0.360. The van der Waals surface area contributed by atoms with Gasteiger partial charge in [-0.25, -0.2) is 9.18 Å². The first-order chi connectivity index (χ1) is 14.9. The summed E-state index contributed by atoms with van der Waals surface area (Å²) in [5.74, 6) is -0.351. The number of nitrogens with one attached hydrogen (secondary N) is 2. The molecule has 2 N–H and O–H groups in total. The number of aromatic amines is 1. The first kappa shape index (κ1) is 21.1. The first-order valence-electron chi connectivity index (χ1n) is 10.9. The Morgan fingerprint density at radius 2 is 1.81 bits per heavy atom. The van der Waals surface area contributed by atoms with Gasteiger partial charge in [0.1, 0.15) is 5.82 Å². The van der Waals surface area contributed by atoms with E-state index in [1.165, 1.54) is 18.6 Å². The molecule has 5 nitrogen and oxygen atoms in total.